The lowest BCUT2D eigenvalue weighted by Gasteiger charge is -2.28. The molecule has 1 aromatic carbocycles. The standard InChI is InChI=1S/C18H29N/c1-3-13-19-18(14-16-9-7-8-10-16)15(2)17-11-5-4-6-12-17/h4-6,11-12,15-16,18-19H,3,7-10,13-14H2,1-2H3. The number of rotatable bonds is 7. The first-order valence-corrected chi connectivity index (χ1v) is 8.09. The molecule has 19 heavy (non-hydrogen) atoms. The largest absolute Gasteiger partial charge is 0.313 e. The van der Waals surface area contributed by atoms with Gasteiger partial charge in [-0.15, -0.1) is 0 Å². The van der Waals surface area contributed by atoms with Gasteiger partial charge in [-0.1, -0.05) is 69.9 Å². The summed E-state index contributed by atoms with van der Waals surface area (Å²) in [5, 5.41) is 3.79. The molecule has 0 aromatic heterocycles. The van der Waals surface area contributed by atoms with Gasteiger partial charge in [-0.25, -0.2) is 0 Å². The van der Waals surface area contributed by atoms with Crippen LogP contribution in [-0.4, -0.2) is 12.6 Å². The van der Waals surface area contributed by atoms with Gasteiger partial charge in [-0.05, 0) is 36.8 Å². The second-order valence-corrected chi connectivity index (χ2v) is 6.15. The van der Waals surface area contributed by atoms with Crippen molar-refractivity contribution in [1.82, 2.24) is 5.32 Å². The van der Waals surface area contributed by atoms with Crippen LogP contribution in [0.2, 0.25) is 0 Å². The molecule has 1 fully saturated rings. The van der Waals surface area contributed by atoms with E-state index in [-0.39, 0.29) is 0 Å². The van der Waals surface area contributed by atoms with Crippen LogP contribution in [0.4, 0.5) is 0 Å². The van der Waals surface area contributed by atoms with E-state index in [9.17, 15) is 0 Å². The van der Waals surface area contributed by atoms with Crippen molar-refractivity contribution in [1.29, 1.82) is 0 Å². The molecule has 2 rings (SSSR count). The van der Waals surface area contributed by atoms with E-state index in [1.54, 1.807) is 0 Å². The van der Waals surface area contributed by atoms with Gasteiger partial charge in [-0.3, -0.25) is 0 Å². The SMILES string of the molecule is CCCNC(CC1CCCC1)C(C)c1ccccc1. The number of hydrogen-bond acceptors (Lipinski definition) is 1. The Morgan fingerprint density at radius 1 is 1.16 bits per heavy atom. The highest BCUT2D eigenvalue weighted by atomic mass is 14.9. The van der Waals surface area contributed by atoms with Crippen LogP contribution < -0.4 is 5.32 Å². The number of benzene rings is 1. The van der Waals surface area contributed by atoms with Gasteiger partial charge in [-0.2, -0.15) is 0 Å². The molecule has 2 atom stereocenters. The molecule has 1 aliphatic rings. The monoisotopic (exact) mass is 259 g/mol. The summed E-state index contributed by atoms with van der Waals surface area (Å²) in [6, 6.07) is 11.6. The molecule has 106 valence electrons. The fourth-order valence-corrected chi connectivity index (χ4v) is 3.39. The van der Waals surface area contributed by atoms with Crippen LogP contribution in [0, 0.1) is 5.92 Å². The zero-order valence-corrected chi connectivity index (χ0v) is 12.6. The summed E-state index contributed by atoms with van der Waals surface area (Å²) in [6.07, 6.45) is 8.38. The van der Waals surface area contributed by atoms with E-state index in [1.807, 2.05) is 0 Å². The van der Waals surface area contributed by atoms with Gasteiger partial charge in [0.05, 0.1) is 0 Å². The van der Waals surface area contributed by atoms with Crippen LogP contribution in [0.3, 0.4) is 0 Å². The van der Waals surface area contributed by atoms with Gasteiger partial charge in [0, 0.05) is 6.04 Å². The molecule has 1 heteroatoms. The van der Waals surface area contributed by atoms with Crippen molar-refractivity contribution in [2.24, 2.45) is 5.92 Å². The second-order valence-electron chi connectivity index (χ2n) is 6.15. The van der Waals surface area contributed by atoms with Gasteiger partial charge < -0.3 is 5.32 Å². The molecule has 1 nitrogen and oxygen atoms in total. The first-order valence-electron chi connectivity index (χ1n) is 8.09. The molecule has 2 unspecified atom stereocenters. The van der Waals surface area contributed by atoms with E-state index in [2.05, 4.69) is 49.5 Å². The van der Waals surface area contributed by atoms with Gasteiger partial charge >= 0.3 is 0 Å². The van der Waals surface area contributed by atoms with Gasteiger partial charge in [0.1, 0.15) is 0 Å². The van der Waals surface area contributed by atoms with Crippen LogP contribution in [0.25, 0.3) is 0 Å². The Hall–Kier alpha value is -0.820. The average Bonchev–Trinajstić information content (AvgIpc) is 2.96. The Morgan fingerprint density at radius 3 is 2.47 bits per heavy atom. The third-order valence-corrected chi connectivity index (χ3v) is 4.65. The minimum absolute atomic E-state index is 0.619. The maximum absolute atomic E-state index is 3.79. The van der Waals surface area contributed by atoms with Crippen molar-refractivity contribution in [2.45, 2.75) is 64.3 Å². The fourth-order valence-electron chi connectivity index (χ4n) is 3.39. The zero-order valence-electron chi connectivity index (χ0n) is 12.6. The van der Waals surface area contributed by atoms with Crippen molar-refractivity contribution >= 4 is 0 Å². The first-order chi connectivity index (χ1) is 9.31. The van der Waals surface area contributed by atoms with Crippen molar-refractivity contribution in [3.05, 3.63) is 35.9 Å². The highest BCUT2D eigenvalue weighted by Gasteiger charge is 2.24. The number of hydrogen-bond donors (Lipinski definition) is 1. The fraction of sp³-hybridized carbons (Fsp3) is 0.667. The van der Waals surface area contributed by atoms with Crippen LogP contribution >= 0.6 is 0 Å². The Balaban J connectivity index is 1.98. The molecule has 0 aliphatic heterocycles. The minimum Gasteiger partial charge on any atom is -0.313 e. The van der Waals surface area contributed by atoms with E-state index in [0.29, 0.717) is 12.0 Å². The van der Waals surface area contributed by atoms with Crippen molar-refractivity contribution < 1.29 is 0 Å². The zero-order chi connectivity index (χ0) is 13.5. The lowest BCUT2D eigenvalue weighted by atomic mass is 9.86. The lowest BCUT2D eigenvalue weighted by molar-refractivity contribution is 0.352. The predicted octanol–water partition coefficient (Wildman–Crippen LogP) is 4.74. The summed E-state index contributed by atoms with van der Waals surface area (Å²) in [5.74, 6) is 1.58. The molecule has 1 saturated carbocycles. The van der Waals surface area contributed by atoms with Crippen LogP contribution in [0.1, 0.15) is 63.9 Å². The van der Waals surface area contributed by atoms with E-state index < -0.39 is 0 Å². The topological polar surface area (TPSA) is 12.0 Å². The third kappa shape index (κ3) is 4.35. The van der Waals surface area contributed by atoms with E-state index in [0.717, 1.165) is 12.5 Å². The van der Waals surface area contributed by atoms with Crippen LogP contribution in [-0.2, 0) is 0 Å². The Kier molecular flexibility index (Phi) is 5.91. The van der Waals surface area contributed by atoms with E-state index in [4.69, 9.17) is 0 Å². The van der Waals surface area contributed by atoms with Crippen molar-refractivity contribution in [3.63, 3.8) is 0 Å². The molecule has 0 bridgehead atoms. The second kappa shape index (κ2) is 7.69. The molecule has 1 aliphatic carbocycles. The average molecular weight is 259 g/mol. The summed E-state index contributed by atoms with van der Waals surface area (Å²) in [4.78, 5) is 0. The predicted molar refractivity (Wildman–Crippen MR) is 83.5 cm³/mol. The molecular formula is C18H29N. The summed E-state index contributed by atoms with van der Waals surface area (Å²) in [7, 11) is 0. The smallest absolute Gasteiger partial charge is 0.0136 e. The quantitative estimate of drug-likeness (QED) is 0.746. The van der Waals surface area contributed by atoms with Gasteiger partial charge in [0.2, 0.25) is 0 Å². The van der Waals surface area contributed by atoms with E-state index >= 15 is 0 Å². The Bertz CT molecular complexity index is 340. The first kappa shape index (κ1) is 14.6. The molecule has 0 spiro atoms. The normalized spacial score (nSPS) is 19.5. The minimum atomic E-state index is 0.619. The molecular weight excluding hydrogens is 230 g/mol. The molecule has 1 aromatic rings. The highest BCUT2D eigenvalue weighted by molar-refractivity contribution is 5.20. The lowest BCUT2D eigenvalue weighted by Crippen LogP contribution is -2.36. The summed E-state index contributed by atoms with van der Waals surface area (Å²) < 4.78 is 0. The van der Waals surface area contributed by atoms with E-state index in [1.165, 1.54) is 44.1 Å². The molecule has 0 heterocycles. The molecule has 1 N–H and O–H groups in total. The maximum Gasteiger partial charge on any atom is 0.0136 e. The molecule has 0 saturated heterocycles. The summed E-state index contributed by atoms with van der Waals surface area (Å²) in [6.45, 7) is 5.79. The highest BCUT2D eigenvalue weighted by Crippen LogP contribution is 2.32. The summed E-state index contributed by atoms with van der Waals surface area (Å²) >= 11 is 0. The van der Waals surface area contributed by atoms with Gasteiger partial charge in [0.25, 0.3) is 0 Å². The van der Waals surface area contributed by atoms with Crippen molar-refractivity contribution in [2.75, 3.05) is 6.54 Å². The summed E-state index contributed by atoms with van der Waals surface area (Å²) in [5.41, 5.74) is 1.48. The van der Waals surface area contributed by atoms with Crippen LogP contribution in [0.15, 0.2) is 30.3 Å². The van der Waals surface area contributed by atoms with Crippen molar-refractivity contribution in [3.8, 4) is 0 Å². The Morgan fingerprint density at radius 2 is 1.84 bits per heavy atom. The molecule has 0 amide bonds. The maximum atomic E-state index is 3.79. The third-order valence-electron chi connectivity index (χ3n) is 4.65. The van der Waals surface area contributed by atoms with Crippen LogP contribution in [0.5, 0.6) is 0 Å². The number of nitrogens with one attached hydrogen (secondary N) is 1. The Labute approximate surface area is 118 Å². The molecule has 0 radical (unpaired) electrons. The van der Waals surface area contributed by atoms with Gasteiger partial charge in [0.15, 0.2) is 0 Å².